The summed E-state index contributed by atoms with van der Waals surface area (Å²) in [6, 6.07) is 19.3. The minimum atomic E-state index is -0.971. The van der Waals surface area contributed by atoms with E-state index in [9.17, 15) is 9.90 Å². The number of nitrogens with one attached hydrogen (secondary N) is 2. The lowest BCUT2D eigenvalue weighted by atomic mass is 9.93. The van der Waals surface area contributed by atoms with Crippen LogP contribution in [-0.4, -0.2) is 52.2 Å². The number of carboxylic acids is 1. The molecule has 0 amide bonds. The number of aromatic nitrogens is 2. The summed E-state index contributed by atoms with van der Waals surface area (Å²) < 4.78 is 5.46. The van der Waals surface area contributed by atoms with Crippen LogP contribution in [0.1, 0.15) is 27.0 Å². The lowest BCUT2D eigenvalue weighted by Gasteiger charge is -2.26. The smallest absolute Gasteiger partial charge is 0.336 e. The van der Waals surface area contributed by atoms with Gasteiger partial charge in [-0.2, -0.15) is 0 Å². The first-order valence-electron chi connectivity index (χ1n) is 12.0. The van der Waals surface area contributed by atoms with Crippen molar-refractivity contribution in [3.05, 3.63) is 95.3 Å². The van der Waals surface area contributed by atoms with Gasteiger partial charge in [-0.3, -0.25) is 4.90 Å². The van der Waals surface area contributed by atoms with E-state index in [4.69, 9.17) is 4.74 Å². The molecular weight excluding hydrogens is 450 g/mol. The fourth-order valence-corrected chi connectivity index (χ4v) is 4.88. The third-order valence-electron chi connectivity index (χ3n) is 6.75. The summed E-state index contributed by atoms with van der Waals surface area (Å²) in [6.07, 6.45) is 3.95. The normalized spacial score (nSPS) is 14.1. The predicted molar refractivity (Wildman–Crippen MR) is 141 cm³/mol. The maximum absolute atomic E-state index is 12.1. The van der Waals surface area contributed by atoms with Gasteiger partial charge in [0.05, 0.1) is 18.8 Å². The van der Waals surface area contributed by atoms with Crippen molar-refractivity contribution in [1.82, 2.24) is 14.9 Å². The highest BCUT2D eigenvalue weighted by Crippen LogP contribution is 2.30. The highest BCUT2D eigenvalue weighted by Gasteiger charge is 2.16. The summed E-state index contributed by atoms with van der Waals surface area (Å²) in [5.41, 5.74) is 6.50. The Morgan fingerprint density at radius 2 is 1.86 bits per heavy atom. The van der Waals surface area contributed by atoms with Crippen molar-refractivity contribution in [2.24, 2.45) is 0 Å². The molecule has 0 radical (unpaired) electrons. The third kappa shape index (κ3) is 4.27. The number of benzene rings is 3. The van der Waals surface area contributed by atoms with E-state index in [0.29, 0.717) is 11.1 Å². The summed E-state index contributed by atoms with van der Waals surface area (Å²) in [6.45, 7) is 4.36. The predicted octanol–water partition coefficient (Wildman–Crippen LogP) is 5.25. The number of nitrogens with zero attached hydrogens (tertiary/aromatic N) is 1. The van der Waals surface area contributed by atoms with Gasteiger partial charge in [-0.05, 0) is 52.9 Å². The number of hydrogen-bond acceptors (Lipinski definition) is 3. The monoisotopic (exact) mass is 475 g/mol. The molecule has 6 heteroatoms. The number of aromatic amines is 2. The van der Waals surface area contributed by atoms with E-state index in [1.54, 1.807) is 12.1 Å². The Morgan fingerprint density at radius 1 is 0.972 bits per heavy atom. The minimum absolute atomic E-state index is 0.236. The van der Waals surface area contributed by atoms with Crippen LogP contribution in [0.15, 0.2) is 73.1 Å². The zero-order chi connectivity index (χ0) is 24.5. The molecule has 1 saturated heterocycles. The molecule has 1 fully saturated rings. The Hall–Kier alpha value is -4.31. The molecule has 0 spiro atoms. The van der Waals surface area contributed by atoms with Crippen molar-refractivity contribution in [3.63, 3.8) is 0 Å². The molecule has 178 valence electrons. The third-order valence-corrected chi connectivity index (χ3v) is 6.75. The van der Waals surface area contributed by atoms with E-state index in [1.807, 2.05) is 42.6 Å². The Morgan fingerprint density at radius 3 is 2.72 bits per heavy atom. The van der Waals surface area contributed by atoms with Crippen LogP contribution < -0.4 is 0 Å². The Balaban J connectivity index is 1.35. The van der Waals surface area contributed by atoms with Gasteiger partial charge in [0.1, 0.15) is 0 Å². The van der Waals surface area contributed by atoms with Crippen LogP contribution >= 0.6 is 0 Å². The highest BCUT2D eigenvalue weighted by molar-refractivity contribution is 5.99. The van der Waals surface area contributed by atoms with Gasteiger partial charge in [-0.1, -0.05) is 36.1 Å². The molecule has 0 atom stereocenters. The summed E-state index contributed by atoms with van der Waals surface area (Å²) in [7, 11) is 0. The van der Waals surface area contributed by atoms with Crippen molar-refractivity contribution in [2.75, 3.05) is 26.3 Å². The van der Waals surface area contributed by atoms with Gasteiger partial charge in [0.15, 0.2) is 0 Å². The fourth-order valence-electron chi connectivity index (χ4n) is 4.88. The molecule has 1 aliphatic rings. The number of hydrogen-bond donors (Lipinski definition) is 3. The molecule has 3 N–H and O–H groups in total. The maximum Gasteiger partial charge on any atom is 0.336 e. The SMILES string of the molecule is O=C(O)c1cccc(C#Cc2ccc3c(CN4CCOCC4)c[nH]c3c2)c1-c1ccc2cc[nH]c2c1. The van der Waals surface area contributed by atoms with Crippen molar-refractivity contribution in [1.29, 1.82) is 0 Å². The van der Waals surface area contributed by atoms with Crippen LogP contribution in [0.5, 0.6) is 0 Å². The van der Waals surface area contributed by atoms with E-state index >= 15 is 0 Å². The van der Waals surface area contributed by atoms with E-state index in [1.165, 1.54) is 10.9 Å². The van der Waals surface area contributed by atoms with E-state index in [2.05, 4.69) is 45.0 Å². The molecule has 0 bridgehead atoms. The van der Waals surface area contributed by atoms with Gasteiger partial charge in [0, 0.05) is 65.1 Å². The van der Waals surface area contributed by atoms with Gasteiger partial charge in [-0.15, -0.1) is 0 Å². The molecule has 1 aliphatic heterocycles. The zero-order valence-corrected chi connectivity index (χ0v) is 19.7. The van der Waals surface area contributed by atoms with Crippen molar-refractivity contribution < 1.29 is 14.6 Å². The molecule has 0 saturated carbocycles. The van der Waals surface area contributed by atoms with Crippen molar-refractivity contribution >= 4 is 27.8 Å². The van der Waals surface area contributed by atoms with Crippen molar-refractivity contribution in [3.8, 4) is 23.0 Å². The van der Waals surface area contributed by atoms with E-state index in [-0.39, 0.29) is 5.56 Å². The molecule has 3 heterocycles. The molecule has 0 aliphatic carbocycles. The molecule has 36 heavy (non-hydrogen) atoms. The number of fused-ring (bicyclic) bond motifs is 2. The molecule has 5 aromatic rings. The Bertz CT molecular complexity index is 1640. The second-order valence-corrected chi connectivity index (χ2v) is 9.03. The first kappa shape index (κ1) is 22.2. The molecule has 6 nitrogen and oxygen atoms in total. The molecule has 2 aromatic heterocycles. The largest absolute Gasteiger partial charge is 0.478 e. The molecule has 3 aromatic carbocycles. The van der Waals surface area contributed by atoms with Crippen LogP contribution in [0.3, 0.4) is 0 Å². The van der Waals surface area contributed by atoms with Crippen LogP contribution in [0.4, 0.5) is 0 Å². The van der Waals surface area contributed by atoms with Gasteiger partial charge in [-0.25, -0.2) is 4.79 Å². The second kappa shape index (κ2) is 9.38. The quantitative estimate of drug-likeness (QED) is 0.310. The number of morpholine rings is 1. The Kier molecular flexibility index (Phi) is 5.78. The molecule has 6 rings (SSSR count). The van der Waals surface area contributed by atoms with Gasteiger partial charge in [0.25, 0.3) is 0 Å². The lowest BCUT2D eigenvalue weighted by Crippen LogP contribution is -2.35. The first-order valence-corrected chi connectivity index (χ1v) is 12.0. The average Bonchev–Trinajstić information content (AvgIpc) is 3.54. The maximum atomic E-state index is 12.1. The standard InChI is InChI=1S/C30H25N3O3/c34-30(35)26-3-1-2-22(29(26)23-8-7-21-10-11-31-27(21)17-23)6-4-20-5-9-25-24(18-32-28(25)16-20)19-33-12-14-36-15-13-33/h1-3,5,7-11,16-18,31-32H,12-15,19H2,(H,34,35). The number of rotatable bonds is 4. The lowest BCUT2D eigenvalue weighted by molar-refractivity contribution is 0.0343. The number of aromatic carboxylic acids is 1. The van der Waals surface area contributed by atoms with Gasteiger partial charge >= 0.3 is 5.97 Å². The van der Waals surface area contributed by atoms with E-state index < -0.39 is 5.97 Å². The minimum Gasteiger partial charge on any atom is -0.478 e. The van der Waals surface area contributed by atoms with Crippen LogP contribution in [0.25, 0.3) is 32.9 Å². The van der Waals surface area contributed by atoms with Gasteiger partial charge in [0.2, 0.25) is 0 Å². The summed E-state index contributed by atoms with van der Waals surface area (Å²) in [4.78, 5) is 21.0. The van der Waals surface area contributed by atoms with Crippen molar-refractivity contribution in [2.45, 2.75) is 6.54 Å². The summed E-state index contributed by atoms with van der Waals surface area (Å²) in [5.74, 6) is 5.53. The van der Waals surface area contributed by atoms with Crippen LogP contribution in [-0.2, 0) is 11.3 Å². The summed E-state index contributed by atoms with van der Waals surface area (Å²) >= 11 is 0. The second-order valence-electron chi connectivity index (χ2n) is 9.03. The Labute approximate surface area is 208 Å². The van der Waals surface area contributed by atoms with Crippen LogP contribution in [0, 0.1) is 11.8 Å². The number of carboxylic acid groups (broad SMARTS) is 1. The first-order chi connectivity index (χ1) is 17.7. The number of H-pyrrole nitrogens is 2. The fraction of sp³-hybridized carbons (Fsp3) is 0.167. The highest BCUT2D eigenvalue weighted by atomic mass is 16.5. The molecule has 0 unspecified atom stereocenters. The summed E-state index contributed by atoms with van der Waals surface area (Å²) in [5, 5.41) is 12.1. The van der Waals surface area contributed by atoms with E-state index in [0.717, 1.165) is 60.4 Å². The molecular formula is C30H25N3O3. The van der Waals surface area contributed by atoms with Crippen LogP contribution in [0.2, 0.25) is 0 Å². The number of ether oxygens (including phenoxy) is 1. The van der Waals surface area contributed by atoms with Gasteiger partial charge < -0.3 is 19.8 Å². The topological polar surface area (TPSA) is 81.3 Å². The zero-order valence-electron chi connectivity index (χ0n) is 19.7. The number of carbonyl (C=O) groups is 1. The average molecular weight is 476 g/mol.